The smallest absolute Gasteiger partial charge is 0.325 e. The van der Waals surface area contributed by atoms with Crippen LogP contribution in [0.2, 0.25) is 0 Å². The number of nitrogens with zero attached hydrogens (tertiary/aromatic N) is 4. The lowest BCUT2D eigenvalue weighted by Gasteiger charge is -2.32. The summed E-state index contributed by atoms with van der Waals surface area (Å²) in [4.78, 5) is 28.5. The molecule has 0 atom stereocenters. The number of aromatic nitrogens is 2. The monoisotopic (exact) mass is 438 g/mol. The molecule has 0 unspecified atom stereocenters. The van der Waals surface area contributed by atoms with E-state index in [1.807, 2.05) is 35.0 Å². The maximum absolute atomic E-state index is 11.8. The van der Waals surface area contributed by atoms with Gasteiger partial charge in [-0.1, -0.05) is 0 Å². The zero-order valence-electron chi connectivity index (χ0n) is 18.0. The summed E-state index contributed by atoms with van der Waals surface area (Å²) in [5, 5.41) is 11.8. The van der Waals surface area contributed by atoms with Gasteiger partial charge in [0.15, 0.2) is 0 Å². The average molecular weight is 438 g/mol. The van der Waals surface area contributed by atoms with Gasteiger partial charge in [0.1, 0.15) is 24.3 Å². The van der Waals surface area contributed by atoms with Gasteiger partial charge in [-0.05, 0) is 56.0 Å². The number of esters is 1. The van der Waals surface area contributed by atoms with Crippen LogP contribution in [0.25, 0.3) is 10.9 Å². The minimum Gasteiger partial charge on any atom is -0.493 e. The second-order valence-electron chi connectivity index (χ2n) is 7.84. The topological polar surface area (TPSA) is 99.7 Å². The molecule has 0 N–H and O–H groups in total. The maximum atomic E-state index is 11.8. The number of anilines is 1. The summed E-state index contributed by atoms with van der Waals surface area (Å²) in [7, 11) is 0. The SMILES string of the molecule is CCOC(=O)Cn1ccc2cc(OCC3CCN(c4ccc([N+](=O)[O-])cn4)CC3)ccc21. The number of hydrogen-bond acceptors (Lipinski definition) is 7. The van der Waals surface area contributed by atoms with Crippen molar-refractivity contribution < 1.29 is 19.2 Å². The number of rotatable bonds is 8. The number of carbonyl (C=O) groups excluding carboxylic acids is 1. The van der Waals surface area contributed by atoms with Crippen LogP contribution >= 0.6 is 0 Å². The summed E-state index contributed by atoms with van der Waals surface area (Å²) in [6.45, 7) is 4.69. The van der Waals surface area contributed by atoms with E-state index in [2.05, 4.69) is 9.88 Å². The zero-order chi connectivity index (χ0) is 22.5. The van der Waals surface area contributed by atoms with E-state index in [-0.39, 0.29) is 18.2 Å². The van der Waals surface area contributed by atoms with E-state index in [1.165, 1.54) is 12.3 Å². The molecule has 0 bridgehead atoms. The first-order chi connectivity index (χ1) is 15.5. The van der Waals surface area contributed by atoms with Crippen LogP contribution < -0.4 is 9.64 Å². The van der Waals surface area contributed by atoms with E-state index < -0.39 is 4.92 Å². The normalized spacial score (nSPS) is 14.5. The van der Waals surface area contributed by atoms with Crippen molar-refractivity contribution in [2.75, 3.05) is 31.2 Å². The number of piperidine rings is 1. The number of pyridine rings is 1. The van der Waals surface area contributed by atoms with Crippen LogP contribution in [0.1, 0.15) is 19.8 Å². The summed E-state index contributed by atoms with van der Waals surface area (Å²) in [5.74, 6) is 1.77. The quantitative estimate of drug-likeness (QED) is 0.300. The van der Waals surface area contributed by atoms with Crippen molar-refractivity contribution in [1.29, 1.82) is 0 Å². The van der Waals surface area contributed by atoms with Gasteiger partial charge in [0.05, 0.1) is 18.1 Å². The first-order valence-electron chi connectivity index (χ1n) is 10.8. The van der Waals surface area contributed by atoms with Crippen molar-refractivity contribution in [3.05, 3.63) is 58.9 Å². The molecule has 0 aliphatic carbocycles. The second kappa shape index (κ2) is 9.67. The van der Waals surface area contributed by atoms with Crippen LogP contribution in [0.3, 0.4) is 0 Å². The van der Waals surface area contributed by atoms with Crippen LogP contribution in [0.4, 0.5) is 11.5 Å². The molecule has 4 rings (SSSR count). The van der Waals surface area contributed by atoms with Gasteiger partial charge in [0.25, 0.3) is 5.69 Å². The molecule has 0 spiro atoms. The average Bonchev–Trinajstić information content (AvgIpc) is 3.20. The van der Waals surface area contributed by atoms with Gasteiger partial charge >= 0.3 is 5.97 Å². The fraction of sp³-hybridized carbons (Fsp3) is 0.391. The molecular weight excluding hydrogens is 412 g/mol. The lowest BCUT2D eigenvalue weighted by molar-refractivity contribution is -0.385. The van der Waals surface area contributed by atoms with Crippen molar-refractivity contribution >= 4 is 28.4 Å². The Labute approximate surface area is 185 Å². The number of ether oxygens (including phenoxy) is 2. The molecule has 9 nitrogen and oxygen atoms in total. The van der Waals surface area contributed by atoms with Crippen LogP contribution in [-0.4, -0.2) is 46.7 Å². The Morgan fingerprint density at radius 2 is 2.03 bits per heavy atom. The standard InChI is InChI=1S/C23H26N4O5/c1-2-31-23(28)15-26-12-9-18-13-20(4-5-21(18)26)32-16-17-7-10-25(11-8-17)22-6-3-19(14-24-22)27(29)30/h3-6,9,12-14,17H,2,7-8,10-11,15-16H2,1H3. The molecule has 1 aliphatic heterocycles. The molecular formula is C23H26N4O5. The van der Waals surface area contributed by atoms with Crippen molar-refractivity contribution in [3.8, 4) is 5.75 Å². The molecule has 0 saturated carbocycles. The molecule has 3 heterocycles. The van der Waals surface area contributed by atoms with E-state index in [1.54, 1.807) is 13.0 Å². The van der Waals surface area contributed by atoms with Gasteiger partial charge in [0.2, 0.25) is 0 Å². The lowest BCUT2D eigenvalue weighted by Crippen LogP contribution is -2.36. The third-order valence-electron chi connectivity index (χ3n) is 5.71. The van der Waals surface area contributed by atoms with Gasteiger partial charge in [-0.15, -0.1) is 0 Å². The van der Waals surface area contributed by atoms with E-state index in [9.17, 15) is 14.9 Å². The predicted molar refractivity (Wildman–Crippen MR) is 120 cm³/mol. The Balaban J connectivity index is 1.29. The van der Waals surface area contributed by atoms with Crippen molar-refractivity contribution in [1.82, 2.24) is 9.55 Å². The molecule has 1 aliphatic rings. The van der Waals surface area contributed by atoms with E-state index in [4.69, 9.17) is 9.47 Å². The highest BCUT2D eigenvalue weighted by Gasteiger charge is 2.21. The highest BCUT2D eigenvalue weighted by Crippen LogP contribution is 2.26. The van der Waals surface area contributed by atoms with E-state index in [0.717, 1.165) is 48.4 Å². The Hall–Kier alpha value is -3.62. The number of hydrogen-bond donors (Lipinski definition) is 0. The molecule has 168 valence electrons. The van der Waals surface area contributed by atoms with Gasteiger partial charge in [-0.3, -0.25) is 14.9 Å². The minimum absolute atomic E-state index is 0.00485. The predicted octanol–water partition coefficient (Wildman–Crippen LogP) is 3.80. The van der Waals surface area contributed by atoms with E-state index in [0.29, 0.717) is 19.1 Å². The number of carbonyl (C=O) groups is 1. The number of benzene rings is 1. The highest BCUT2D eigenvalue weighted by molar-refractivity contribution is 5.83. The molecule has 3 aromatic rings. The van der Waals surface area contributed by atoms with Gasteiger partial charge < -0.3 is 18.9 Å². The molecule has 1 saturated heterocycles. The van der Waals surface area contributed by atoms with Crippen LogP contribution in [-0.2, 0) is 16.1 Å². The molecule has 1 fully saturated rings. The second-order valence-corrected chi connectivity index (χ2v) is 7.84. The van der Waals surface area contributed by atoms with Gasteiger partial charge in [-0.25, -0.2) is 4.98 Å². The Morgan fingerprint density at radius 1 is 1.22 bits per heavy atom. The molecule has 9 heteroatoms. The molecule has 0 radical (unpaired) electrons. The number of nitro groups is 1. The van der Waals surface area contributed by atoms with E-state index >= 15 is 0 Å². The highest BCUT2D eigenvalue weighted by atomic mass is 16.6. The first kappa shape index (κ1) is 21.6. The summed E-state index contributed by atoms with van der Waals surface area (Å²) >= 11 is 0. The summed E-state index contributed by atoms with van der Waals surface area (Å²) in [6, 6.07) is 11.1. The van der Waals surface area contributed by atoms with Crippen molar-refractivity contribution in [2.24, 2.45) is 5.92 Å². The Kier molecular flexibility index (Phi) is 6.53. The summed E-state index contributed by atoms with van der Waals surface area (Å²) in [6.07, 6.45) is 5.13. The van der Waals surface area contributed by atoms with Crippen molar-refractivity contribution in [2.45, 2.75) is 26.3 Å². The number of fused-ring (bicyclic) bond motifs is 1. The molecule has 0 amide bonds. The summed E-state index contributed by atoms with van der Waals surface area (Å²) < 4.78 is 13.0. The third kappa shape index (κ3) is 4.99. The van der Waals surface area contributed by atoms with Gasteiger partial charge in [-0.2, -0.15) is 0 Å². The van der Waals surface area contributed by atoms with Crippen LogP contribution in [0, 0.1) is 16.0 Å². The summed E-state index contributed by atoms with van der Waals surface area (Å²) in [5.41, 5.74) is 0.972. The van der Waals surface area contributed by atoms with Crippen molar-refractivity contribution in [3.63, 3.8) is 0 Å². The molecule has 2 aromatic heterocycles. The fourth-order valence-corrected chi connectivity index (χ4v) is 3.97. The lowest BCUT2D eigenvalue weighted by atomic mass is 9.98. The molecule has 32 heavy (non-hydrogen) atoms. The van der Waals surface area contributed by atoms with Crippen LogP contribution in [0.5, 0.6) is 5.75 Å². The molecule has 1 aromatic carbocycles. The third-order valence-corrected chi connectivity index (χ3v) is 5.71. The maximum Gasteiger partial charge on any atom is 0.325 e. The van der Waals surface area contributed by atoms with Crippen LogP contribution in [0.15, 0.2) is 48.8 Å². The largest absolute Gasteiger partial charge is 0.493 e. The van der Waals surface area contributed by atoms with Gasteiger partial charge in [0, 0.05) is 36.3 Å². The fourth-order valence-electron chi connectivity index (χ4n) is 3.97. The first-order valence-corrected chi connectivity index (χ1v) is 10.8. The Morgan fingerprint density at radius 3 is 2.72 bits per heavy atom. The minimum atomic E-state index is -0.437. The zero-order valence-corrected chi connectivity index (χ0v) is 18.0. The Bertz CT molecular complexity index is 1090.